The van der Waals surface area contributed by atoms with Gasteiger partial charge in [0.05, 0.1) is 5.02 Å². The van der Waals surface area contributed by atoms with Gasteiger partial charge in [0.25, 0.3) is 11.8 Å². The van der Waals surface area contributed by atoms with Gasteiger partial charge >= 0.3 is 0 Å². The van der Waals surface area contributed by atoms with E-state index in [9.17, 15) is 9.59 Å². The van der Waals surface area contributed by atoms with Crippen molar-refractivity contribution < 1.29 is 14.3 Å². The molecule has 3 N–H and O–H groups in total. The molecule has 2 aromatic carbocycles. The number of ether oxygens (including phenoxy) is 1. The number of rotatable bonds is 4. The van der Waals surface area contributed by atoms with Gasteiger partial charge in [-0.15, -0.1) is 0 Å². The van der Waals surface area contributed by atoms with Crippen LogP contribution in [0.4, 0.5) is 0 Å². The molecular weight excluding hydrogens is 409 g/mol. The molecule has 6 nitrogen and oxygen atoms in total. The maximum Gasteiger partial charge on any atom is 0.269 e. The first-order valence-corrected chi connectivity index (χ1v) is 9.02. The van der Waals surface area contributed by atoms with Crippen molar-refractivity contribution >= 4 is 52.3 Å². The van der Waals surface area contributed by atoms with E-state index < -0.39 is 12.0 Å². The minimum atomic E-state index is -0.879. The van der Waals surface area contributed by atoms with Crippen LogP contribution in [0.15, 0.2) is 42.5 Å². The monoisotopic (exact) mass is 425 g/mol. The quantitative estimate of drug-likeness (QED) is 0.516. The molecule has 0 aromatic heterocycles. The lowest BCUT2D eigenvalue weighted by Gasteiger charge is -2.17. The summed E-state index contributed by atoms with van der Waals surface area (Å²) in [4.78, 5) is 24.2. The molecule has 0 spiro atoms. The van der Waals surface area contributed by atoms with Crippen LogP contribution in [0.2, 0.25) is 10.0 Å². The molecule has 142 valence electrons. The number of benzene rings is 2. The zero-order chi connectivity index (χ0) is 20.0. The van der Waals surface area contributed by atoms with Crippen LogP contribution in [-0.4, -0.2) is 23.0 Å². The van der Waals surface area contributed by atoms with Crippen LogP contribution in [0.1, 0.15) is 22.8 Å². The molecule has 27 heavy (non-hydrogen) atoms. The van der Waals surface area contributed by atoms with Crippen LogP contribution in [0.5, 0.6) is 5.75 Å². The normalized spacial score (nSPS) is 11.3. The van der Waals surface area contributed by atoms with E-state index in [0.717, 1.165) is 5.56 Å². The van der Waals surface area contributed by atoms with Gasteiger partial charge in [-0.25, -0.2) is 0 Å². The van der Waals surface area contributed by atoms with Crippen LogP contribution >= 0.6 is 35.4 Å². The van der Waals surface area contributed by atoms with Crippen molar-refractivity contribution in [3.63, 3.8) is 0 Å². The molecule has 9 heteroatoms. The number of carbonyl (C=O) groups excluding carboxylic acids is 2. The van der Waals surface area contributed by atoms with Crippen LogP contribution in [0.3, 0.4) is 0 Å². The number of amides is 2. The molecule has 1 unspecified atom stereocenters. The van der Waals surface area contributed by atoms with E-state index in [2.05, 4.69) is 16.2 Å². The zero-order valence-electron chi connectivity index (χ0n) is 14.5. The van der Waals surface area contributed by atoms with Crippen LogP contribution in [0, 0.1) is 6.92 Å². The Bertz CT molecular complexity index is 877. The summed E-state index contributed by atoms with van der Waals surface area (Å²) in [6, 6.07) is 11.7. The smallest absolute Gasteiger partial charge is 0.269 e. The number of carbonyl (C=O) groups is 2. The SMILES string of the molecule is Cc1cccc(C(=O)NNC(=S)NC(=O)C(C)Oc2ccc(Cl)cc2Cl)c1. The summed E-state index contributed by atoms with van der Waals surface area (Å²) in [6.07, 6.45) is -0.879. The standard InChI is InChI=1S/C18H17Cl2N3O3S/c1-10-4-3-5-12(8-10)17(25)22-23-18(27)21-16(24)11(2)26-15-7-6-13(19)9-14(15)20/h3-9,11H,1-2H3,(H,22,25)(H2,21,23,24,27). The number of hydrogen-bond acceptors (Lipinski definition) is 4. The highest BCUT2D eigenvalue weighted by molar-refractivity contribution is 7.80. The third kappa shape index (κ3) is 6.39. The Morgan fingerprint density at radius 3 is 2.52 bits per heavy atom. The summed E-state index contributed by atoms with van der Waals surface area (Å²) in [6.45, 7) is 3.41. The number of halogens is 2. The second-order valence-electron chi connectivity index (χ2n) is 5.60. The van der Waals surface area contributed by atoms with Crippen molar-refractivity contribution in [1.82, 2.24) is 16.2 Å². The average Bonchev–Trinajstić information content (AvgIpc) is 2.61. The van der Waals surface area contributed by atoms with Crippen molar-refractivity contribution in [2.45, 2.75) is 20.0 Å². The fraction of sp³-hybridized carbons (Fsp3) is 0.167. The predicted octanol–water partition coefficient (Wildman–Crippen LogP) is 3.40. The van der Waals surface area contributed by atoms with Gasteiger partial charge in [0.2, 0.25) is 0 Å². The summed E-state index contributed by atoms with van der Waals surface area (Å²) in [5.74, 6) is -0.578. The van der Waals surface area contributed by atoms with Crippen LogP contribution in [-0.2, 0) is 4.79 Å². The lowest BCUT2D eigenvalue weighted by atomic mass is 10.1. The van der Waals surface area contributed by atoms with Gasteiger partial charge in [-0.3, -0.25) is 25.8 Å². The number of nitrogens with one attached hydrogen (secondary N) is 3. The predicted molar refractivity (Wildman–Crippen MR) is 109 cm³/mol. The Balaban J connectivity index is 1.83. The first-order valence-electron chi connectivity index (χ1n) is 7.86. The lowest BCUT2D eigenvalue weighted by molar-refractivity contribution is -0.125. The molecule has 0 saturated heterocycles. The summed E-state index contributed by atoms with van der Waals surface area (Å²) in [5, 5.41) is 3.09. The molecule has 0 saturated carbocycles. The molecule has 0 bridgehead atoms. The maximum absolute atomic E-state index is 12.1. The Kier molecular flexibility index (Phi) is 7.41. The zero-order valence-corrected chi connectivity index (χ0v) is 16.8. The van der Waals surface area contributed by atoms with E-state index in [1.807, 2.05) is 13.0 Å². The van der Waals surface area contributed by atoms with Crippen LogP contribution in [0.25, 0.3) is 0 Å². The van der Waals surface area contributed by atoms with Gasteiger partial charge in [0.15, 0.2) is 11.2 Å². The maximum atomic E-state index is 12.1. The molecule has 0 aliphatic carbocycles. The van der Waals surface area contributed by atoms with E-state index in [0.29, 0.717) is 16.3 Å². The van der Waals surface area contributed by atoms with Gasteiger partial charge < -0.3 is 4.74 Å². The molecule has 0 heterocycles. The highest BCUT2D eigenvalue weighted by atomic mass is 35.5. The molecule has 0 radical (unpaired) electrons. The molecule has 2 aromatic rings. The molecule has 2 amide bonds. The third-order valence-corrected chi connectivity index (χ3v) is 4.11. The van der Waals surface area contributed by atoms with E-state index in [1.54, 1.807) is 30.3 Å². The van der Waals surface area contributed by atoms with Gasteiger partial charge in [-0.2, -0.15) is 0 Å². The fourth-order valence-electron chi connectivity index (χ4n) is 2.03. The van der Waals surface area contributed by atoms with Gasteiger partial charge in [-0.1, -0.05) is 40.9 Å². The number of aryl methyl sites for hydroxylation is 1. The Hall–Kier alpha value is -2.35. The Morgan fingerprint density at radius 1 is 1.11 bits per heavy atom. The molecule has 1 atom stereocenters. The van der Waals surface area contributed by atoms with Crippen molar-refractivity contribution in [3.8, 4) is 5.75 Å². The Morgan fingerprint density at radius 2 is 1.85 bits per heavy atom. The third-order valence-electron chi connectivity index (χ3n) is 3.37. The summed E-state index contributed by atoms with van der Waals surface area (Å²) < 4.78 is 5.49. The highest BCUT2D eigenvalue weighted by Crippen LogP contribution is 2.28. The highest BCUT2D eigenvalue weighted by Gasteiger charge is 2.17. The first kappa shape index (κ1) is 21.0. The van der Waals surface area contributed by atoms with Crippen molar-refractivity contribution in [2.24, 2.45) is 0 Å². The fourth-order valence-corrected chi connectivity index (χ4v) is 2.64. The van der Waals surface area contributed by atoms with E-state index in [-0.39, 0.29) is 16.0 Å². The first-order chi connectivity index (χ1) is 12.8. The molecule has 0 aliphatic rings. The van der Waals surface area contributed by atoms with E-state index in [4.69, 9.17) is 40.2 Å². The lowest BCUT2D eigenvalue weighted by Crippen LogP contribution is -2.51. The minimum Gasteiger partial charge on any atom is -0.479 e. The van der Waals surface area contributed by atoms with E-state index >= 15 is 0 Å². The van der Waals surface area contributed by atoms with E-state index in [1.165, 1.54) is 13.0 Å². The average molecular weight is 426 g/mol. The van der Waals surface area contributed by atoms with Gasteiger partial charge in [0, 0.05) is 10.6 Å². The molecule has 2 rings (SSSR count). The minimum absolute atomic E-state index is 0.0707. The second kappa shape index (κ2) is 9.55. The number of hydrazine groups is 1. The second-order valence-corrected chi connectivity index (χ2v) is 6.85. The van der Waals surface area contributed by atoms with Crippen LogP contribution < -0.4 is 20.9 Å². The Labute approximate surface area is 172 Å². The molecular formula is C18H17Cl2N3O3S. The molecule has 0 aliphatic heterocycles. The topological polar surface area (TPSA) is 79.5 Å². The van der Waals surface area contributed by atoms with Crippen molar-refractivity contribution in [3.05, 3.63) is 63.6 Å². The molecule has 0 fully saturated rings. The number of hydrogen-bond donors (Lipinski definition) is 3. The van der Waals surface area contributed by atoms with Gasteiger partial charge in [-0.05, 0) is 56.4 Å². The van der Waals surface area contributed by atoms with Crippen molar-refractivity contribution in [2.75, 3.05) is 0 Å². The van der Waals surface area contributed by atoms with Gasteiger partial charge in [0.1, 0.15) is 5.75 Å². The largest absolute Gasteiger partial charge is 0.479 e. The summed E-state index contributed by atoms with van der Waals surface area (Å²) in [5.41, 5.74) is 6.30. The summed E-state index contributed by atoms with van der Waals surface area (Å²) >= 11 is 16.8. The van der Waals surface area contributed by atoms with Crippen molar-refractivity contribution in [1.29, 1.82) is 0 Å². The number of thiocarbonyl (C=S) groups is 1. The summed E-state index contributed by atoms with van der Waals surface area (Å²) in [7, 11) is 0.